The van der Waals surface area contributed by atoms with Crippen molar-refractivity contribution in [1.82, 2.24) is 5.32 Å². The van der Waals surface area contributed by atoms with Crippen LogP contribution in [0.5, 0.6) is 5.75 Å². The SMILES string of the molecule is CCC(N)CNC(=O)c1ccc(C)c(OC)c1. The molecule has 0 heterocycles. The summed E-state index contributed by atoms with van der Waals surface area (Å²) in [5.74, 6) is 0.602. The van der Waals surface area contributed by atoms with Crippen LogP contribution in [0.15, 0.2) is 18.2 Å². The highest BCUT2D eigenvalue weighted by molar-refractivity contribution is 5.94. The first-order valence-corrected chi connectivity index (χ1v) is 5.77. The van der Waals surface area contributed by atoms with Gasteiger partial charge in [-0.3, -0.25) is 4.79 Å². The Kier molecular flexibility index (Phi) is 4.97. The molecule has 0 saturated heterocycles. The fourth-order valence-electron chi connectivity index (χ4n) is 1.43. The normalized spacial score (nSPS) is 12.0. The molecule has 1 atom stereocenters. The molecule has 0 aromatic heterocycles. The molecule has 4 nitrogen and oxygen atoms in total. The van der Waals surface area contributed by atoms with E-state index in [9.17, 15) is 4.79 Å². The van der Waals surface area contributed by atoms with Gasteiger partial charge in [-0.1, -0.05) is 13.0 Å². The Balaban J connectivity index is 2.69. The average Bonchev–Trinajstić information content (AvgIpc) is 2.35. The molecular weight excluding hydrogens is 216 g/mol. The molecule has 1 aromatic rings. The van der Waals surface area contributed by atoms with Gasteiger partial charge in [0.1, 0.15) is 5.75 Å². The Hall–Kier alpha value is -1.55. The zero-order valence-corrected chi connectivity index (χ0v) is 10.6. The van der Waals surface area contributed by atoms with Crippen LogP contribution in [0.4, 0.5) is 0 Å². The first kappa shape index (κ1) is 13.5. The Labute approximate surface area is 102 Å². The smallest absolute Gasteiger partial charge is 0.251 e. The van der Waals surface area contributed by atoms with Crippen molar-refractivity contribution in [3.05, 3.63) is 29.3 Å². The van der Waals surface area contributed by atoms with Crippen LogP contribution in [-0.4, -0.2) is 25.6 Å². The summed E-state index contributed by atoms with van der Waals surface area (Å²) < 4.78 is 5.18. The predicted octanol–water partition coefficient (Wildman–Crippen LogP) is 1.47. The number of carbonyl (C=O) groups excluding carboxylic acids is 1. The van der Waals surface area contributed by atoms with Crippen molar-refractivity contribution in [1.29, 1.82) is 0 Å². The van der Waals surface area contributed by atoms with Crippen LogP contribution in [0.1, 0.15) is 29.3 Å². The minimum atomic E-state index is -0.118. The molecule has 1 unspecified atom stereocenters. The molecule has 0 aliphatic rings. The molecule has 0 bridgehead atoms. The lowest BCUT2D eigenvalue weighted by Gasteiger charge is -2.11. The molecule has 3 N–H and O–H groups in total. The average molecular weight is 236 g/mol. The quantitative estimate of drug-likeness (QED) is 0.813. The van der Waals surface area contributed by atoms with E-state index < -0.39 is 0 Å². The van der Waals surface area contributed by atoms with E-state index in [2.05, 4.69) is 5.32 Å². The van der Waals surface area contributed by atoms with Crippen LogP contribution in [0.25, 0.3) is 0 Å². The Bertz CT molecular complexity index is 391. The highest BCUT2D eigenvalue weighted by atomic mass is 16.5. The molecular formula is C13H20N2O2. The van der Waals surface area contributed by atoms with Crippen LogP contribution >= 0.6 is 0 Å². The molecule has 4 heteroatoms. The minimum Gasteiger partial charge on any atom is -0.496 e. The number of nitrogens with one attached hydrogen (secondary N) is 1. The van der Waals surface area contributed by atoms with Crippen molar-refractivity contribution in [2.24, 2.45) is 5.73 Å². The number of amides is 1. The molecule has 0 spiro atoms. The van der Waals surface area contributed by atoms with E-state index in [-0.39, 0.29) is 11.9 Å². The third-order valence-electron chi connectivity index (χ3n) is 2.72. The molecule has 1 rings (SSSR count). The van der Waals surface area contributed by atoms with Crippen LogP contribution < -0.4 is 15.8 Å². The second-order valence-electron chi connectivity index (χ2n) is 4.06. The summed E-state index contributed by atoms with van der Waals surface area (Å²) >= 11 is 0. The topological polar surface area (TPSA) is 64.3 Å². The van der Waals surface area contributed by atoms with Gasteiger partial charge in [0.25, 0.3) is 5.91 Å². The summed E-state index contributed by atoms with van der Waals surface area (Å²) in [5, 5.41) is 2.80. The Morgan fingerprint density at radius 2 is 2.24 bits per heavy atom. The molecule has 0 fully saturated rings. The van der Waals surface area contributed by atoms with E-state index in [1.165, 1.54) is 0 Å². The predicted molar refractivity (Wildman–Crippen MR) is 68.3 cm³/mol. The van der Waals surface area contributed by atoms with Gasteiger partial charge in [-0.2, -0.15) is 0 Å². The van der Waals surface area contributed by atoms with Gasteiger partial charge in [-0.05, 0) is 31.0 Å². The lowest BCUT2D eigenvalue weighted by atomic mass is 10.1. The van der Waals surface area contributed by atoms with Crippen molar-refractivity contribution in [3.63, 3.8) is 0 Å². The van der Waals surface area contributed by atoms with Crippen molar-refractivity contribution < 1.29 is 9.53 Å². The molecule has 17 heavy (non-hydrogen) atoms. The van der Waals surface area contributed by atoms with Gasteiger partial charge in [-0.25, -0.2) is 0 Å². The third-order valence-corrected chi connectivity index (χ3v) is 2.72. The van der Waals surface area contributed by atoms with Gasteiger partial charge in [0.15, 0.2) is 0 Å². The summed E-state index contributed by atoms with van der Waals surface area (Å²) in [7, 11) is 1.59. The van der Waals surface area contributed by atoms with E-state index in [1.54, 1.807) is 19.2 Å². The summed E-state index contributed by atoms with van der Waals surface area (Å²) in [6, 6.07) is 5.40. The standard InChI is InChI=1S/C13H20N2O2/c1-4-11(14)8-15-13(16)10-6-5-9(2)12(7-10)17-3/h5-7,11H,4,8,14H2,1-3H3,(H,15,16). The highest BCUT2D eigenvalue weighted by Gasteiger charge is 2.09. The molecule has 94 valence electrons. The largest absolute Gasteiger partial charge is 0.496 e. The minimum absolute atomic E-state index is 0.00583. The number of benzene rings is 1. The zero-order chi connectivity index (χ0) is 12.8. The number of hydrogen-bond donors (Lipinski definition) is 2. The number of methoxy groups -OCH3 is 1. The number of aryl methyl sites for hydroxylation is 1. The molecule has 0 aliphatic heterocycles. The summed E-state index contributed by atoms with van der Waals surface area (Å²) in [6.07, 6.45) is 0.845. The fraction of sp³-hybridized carbons (Fsp3) is 0.462. The van der Waals surface area contributed by atoms with Gasteiger partial charge in [-0.15, -0.1) is 0 Å². The Morgan fingerprint density at radius 1 is 1.53 bits per heavy atom. The van der Waals surface area contributed by atoms with Crippen molar-refractivity contribution >= 4 is 5.91 Å². The van der Waals surface area contributed by atoms with Crippen LogP contribution in [0.2, 0.25) is 0 Å². The number of hydrogen-bond acceptors (Lipinski definition) is 3. The first-order chi connectivity index (χ1) is 8.08. The van der Waals surface area contributed by atoms with Gasteiger partial charge in [0, 0.05) is 18.2 Å². The maximum Gasteiger partial charge on any atom is 0.251 e. The molecule has 0 aliphatic carbocycles. The maximum absolute atomic E-state index is 11.8. The molecule has 1 aromatic carbocycles. The first-order valence-electron chi connectivity index (χ1n) is 5.77. The molecule has 0 radical (unpaired) electrons. The van der Waals surface area contributed by atoms with Crippen molar-refractivity contribution in [3.8, 4) is 5.75 Å². The number of rotatable bonds is 5. The number of ether oxygens (including phenoxy) is 1. The highest BCUT2D eigenvalue weighted by Crippen LogP contribution is 2.18. The molecule has 0 saturated carbocycles. The van der Waals surface area contributed by atoms with Gasteiger partial charge < -0.3 is 15.8 Å². The third kappa shape index (κ3) is 3.75. The van der Waals surface area contributed by atoms with E-state index in [4.69, 9.17) is 10.5 Å². The summed E-state index contributed by atoms with van der Waals surface area (Å²) in [5.41, 5.74) is 7.34. The fourth-order valence-corrected chi connectivity index (χ4v) is 1.43. The summed E-state index contributed by atoms with van der Waals surface area (Å²) in [6.45, 7) is 4.42. The lowest BCUT2D eigenvalue weighted by Crippen LogP contribution is -2.36. The zero-order valence-electron chi connectivity index (χ0n) is 10.6. The van der Waals surface area contributed by atoms with E-state index >= 15 is 0 Å². The monoisotopic (exact) mass is 236 g/mol. The van der Waals surface area contributed by atoms with Gasteiger partial charge in [0.05, 0.1) is 7.11 Å². The maximum atomic E-state index is 11.8. The van der Waals surface area contributed by atoms with E-state index in [0.717, 1.165) is 17.7 Å². The van der Waals surface area contributed by atoms with Crippen LogP contribution in [0, 0.1) is 6.92 Å². The summed E-state index contributed by atoms with van der Waals surface area (Å²) in [4.78, 5) is 11.8. The van der Waals surface area contributed by atoms with E-state index in [0.29, 0.717) is 12.1 Å². The van der Waals surface area contributed by atoms with Gasteiger partial charge >= 0.3 is 0 Å². The lowest BCUT2D eigenvalue weighted by molar-refractivity contribution is 0.0950. The number of carbonyl (C=O) groups is 1. The van der Waals surface area contributed by atoms with Crippen molar-refractivity contribution in [2.75, 3.05) is 13.7 Å². The van der Waals surface area contributed by atoms with Crippen molar-refractivity contribution in [2.45, 2.75) is 26.3 Å². The van der Waals surface area contributed by atoms with Crippen LogP contribution in [0.3, 0.4) is 0 Å². The van der Waals surface area contributed by atoms with Gasteiger partial charge in [0.2, 0.25) is 0 Å². The molecule has 1 amide bonds. The van der Waals surface area contributed by atoms with Crippen LogP contribution in [-0.2, 0) is 0 Å². The van der Waals surface area contributed by atoms with E-state index in [1.807, 2.05) is 19.9 Å². The number of nitrogens with two attached hydrogens (primary N) is 1. The second kappa shape index (κ2) is 6.25. The Morgan fingerprint density at radius 3 is 2.82 bits per heavy atom. The second-order valence-corrected chi connectivity index (χ2v) is 4.06.